The molecule has 7 heteroatoms. The number of rotatable bonds is 14. The van der Waals surface area contributed by atoms with Crippen molar-refractivity contribution in [2.75, 3.05) is 26.2 Å². The van der Waals surface area contributed by atoms with E-state index in [-0.39, 0.29) is 12.4 Å². The van der Waals surface area contributed by atoms with E-state index in [1.807, 2.05) is 41.9 Å². The molecule has 3 aromatic rings. The van der Waals surface area contributed by atoms with Crippen LogP contribution in [0.1, 0.15) is 58.4 Å². The minimum atomic E-state index is -3.62. The van der Waals surface area contributed by atoms with Gasteiger partial charge in [0.05, 0.1) is 17.0 Å². The fourth-order valence-corrected chi connectivity index (χ4v) is 5.85. The van der Waals surface area contributed by atoms with Crippen LogP contribution in [0.2, 0.25) is 0 Å². The fourth-order valence-electron chi connectivity index (χ4n) is 4.12. The van der Waals surface area contributed by atoms with Gasteiger partial charge in [0.25, 0.3) is 0 Å². The molecular formula is C27H39ClN2O3S. The molecule has 0 atom stereocenters. The monoisotopic (exact) mass is 506 g/mol. The predicted octanol–water partition coefficient (Wildman–Crippen LogP) is 6.43. The summed E-state index contributed by atoms with van der Waals surface area (Å²) in [7, 11) is -3.62. The van der Waals surface area contributed by atoms with Gasteiger partial charge in [-0.1, -0.05) is 39.7 Å². The van der Waals surface area contributed by atoms with Gasteiger partial charge in [0.1, 0.15) is 10.6 Å². The van der Waals surface area contributed by atoms with Crippen LogP contribution in [0.5, 0.6) is 5.75 Å². The van der Waals surface area contributed by atoms with Crippen LogP contribution in [-0.4, -0.2) is 44.0 Å². The lowest BCUT2D eigenvalue weighted by molar-refractivity contribution is 0.229. The standard InChI is InChI=1S/C27H38N2O3S.ClH/c1-4-7-17-28(18-8-5-2)19-11-21-32-24-13-15-25(16-14-24)33(30,31)27-23(6-3)22-29-20-10-9-12-26(27)29;/h9-10,12-16,20,22H,4-8,11,17-19,21H2,1-3H3;1H. The minimum absolute atomic E-state index is 0. The lowest BCUT2D eigenvalue weighted by Gasteiger charge is -2.21. The van der Waals surface area contributed by atoms with Gasteiger partial charge in [0, 0.05) is 18.9 Å². The Morgan fingerprint density at radius 1 is 0.882 bits per heavy atom. The Labute approximate surface area is 211 Å². The highest BCUT2D eigenvalue weighted by atomic mass is 35.5. The number of nitrogens with zero attached hydrogens (tertiary/aromatic N) is 2. The van der Waals surface area contributed by atoms with Gasteiger partial charge in [-0.3, -0.25) is 0 Å². The van der Waals surface area contributed by atoms with Crippen molar-refractivity contribution >= 4 is 27.8 Å². The molecule has 0 saturated heterocycles. The van der Waals surface area contributed by atoms with Crippen LogP contribution >= 0.6 is 12.4 Å². The average molecular weight is 507 g/mol. The maximum atomic E-state index is 13.4. The molecule has 2 aromatic heterocycles. The van der Waals surface area contributed by atoms with Gasteiger partial charge >= 0.3 is 0 Å². The molecule has 3 rings (SSSR count). The van der Waals surface area contributed by atoms with E-state index in [9.17, 15) is 8.42 Å². The van der Waals surface area contributed by atoms with E-state index in [2.05, 4.69) is 18.7 Å². The van der Waals surface area contributed by atoms with Crippen molar-refractivity contribution in [2.24, 2.45) is 0 Å². The highest BCUT2D eigenvalue weighted by Gasteiger charge is 2.25. The zero-order valence-electron chi connectivity index (χ0n) is 20.7. The second-order valence-corrected chi connectivity index (χ2v) is 10.4. The summed E-state index contributed by atoms with van der Waals surface area (Å²) in [6.07, 6.45) is 10.3. The Bertz CT molecular complexity index is 1100. The van der Waals surface area contributed by atoms with E-state index in [1.165, 1.54) is 25.7 Å². The summed E-state index contributed by atoms with van der Waals surface area (Å²) < 4.78 is 34.7. The van der Waals surface area contributed by atoms with Crippen LogP contribution in [0.4, 0.5) is 0 Å². The van der Waals surface area contributed by atoms with Crippen molar-refractivity contribution in [2.45, 2.75) is 69.1 Å². The van der Waals surface area contributed by atoms with E-state index in [1.54, 1.807) is 24.3 Å². The van der Waals surface area contributed by atoms with Gasteiger partial charge in [0.15, 0.2) is 0 Å². The third-order valence-corrected chi connectivity index (χ3v) is 7.94. The molecule has 188 valence electrons. The topological polar surface area (TPSA) is 51.0 Å². The summed E-state index contributed by atoms with van der Waals surface area (Å²) in [5.74, 6) is 0.708. The summed E-state index contributed by atoms with van der Waals surface area (Å²) in [4.78, 5) is 3.23. The number of pyridine rings is 1. The second-order valence-electron chi connectivity index (χ2n) is 8.56. The first-order valence-corrected chi connectivity index (χ1v) is 13.8. The van der Waals surface area contributed by atoms with Gasteiger partial charge in [0.2, 0.25) is 9.84 Å². The maximum absolute atomic E-state index is 13.4. The molecule has 0 aliphatic carbocycles. The van der Waals surface area contributed by atoms with E-state index in [0.717, 1.165) is 31.6 Å². The predicted molar refractivity (Wildman–Crippen MR) is 142 cm³/mol. The molecule has 0 bridgehead atoms. The number of fused-ring (bicyclic) bond motifs is 1. The van der Waals surface area contributed by atoms with Gasteiger partial charge in [-0.15, -0.1) is 12.4 Å². The lowest BCUT2D eigenvalue weighted by Crippen LogP contribution is -2.28. The average Bonchev–Trinajstić information content (AvgIpc) is 3.23. The number of unbranched alkanes of at least 4 members (excludes halogenated alkanes) is 2. The Balaban J connectivity index is 0.00000408. The Morgan fingerprint density at radius 2 is 1.53 bits per heavy atom. The quantitative estimate of drug-likeness (QED) is 0.236. The summed E-state index contributed by atoms with van der Waals surface area (Å²) in [5.41, 5.74) is 1.54. The number of ether oxygens (including phenoxy) is 1. The number of hydrogen-bond acceptors (Lipinski definition) is 4. The van der Waals surface area contributed by atoms with Crippen LogP contribution in [0.3, 0.4) is 0 Å². The SMILES string of the molecule is CCCCN(CCCC)CCCOc1ccc(S(=O)(=O)c2c(CC)cn3ccccc23)cc1.Cl. The number of aromatic nitrogens is 1. The van der Waals surface area contributed by atoms with Crippen LogP contribution < -0.4 is 4.74 Å². The summed E-state index contributed by atoms with van der Waals surface area (Å²) in [5, 5.41) is 0. The molecule has 0 spiro atoms. The first kappa shape index (κ1) is 28.2. The molecule has 34 heavy (non-hydrogen) atoms. The third kappa shape index (κ3) is 7.00. The molecule has 2 heterocycles. The third-order valence-electron chi connectivity index (χ3n) is 6.04. The van der Waals surface area contributed by atoms with Crippen molar-refractivity contribution in [1.29, 1.82) is 0 Å². The van der Waals surface area contributed by atoms with Crippen molar-refractivity contribution in [3.8, 4) is 5.75 Å². The number of sulfone groups is 1. The van der Waals surface area contributed by atoms with Gasteiger partial charge in [-0.2, -0.15) is 0 Å². The normalized spacial score (nSPS) is 11.6. The summed E-state index contributed by atoms with van der Waals surface area (Å²) in [6, 6.07) is 12.5. The molecule has 0 radical (unpaired) electrons. The zero-order valence-corrected chi connectivity index (χ0v) is 22.3. The van der Waals surface area contributed by atoms with E-state index >= 15 is 0 Å². The Hall–Kier alpha value is -2.02. The molecule has 0 amide bonds. The van der Waals surface area contributed by atoms with Gasteiger partial charge < -0.3 is 14.0 Å². The number of hydrogen-bond donors (Lipinski definition) is 0. The minimum Gasteiger partial charge on any atom is -0.494 e. The van der Waals surface area contributed by atoms with Crippen LogP contribution in [0.25, 0.3) is 5.52 Å². The highest BCUT2D eigenvalue weighted by Crippen LogP contribution is 2.31. The number of halogens is 1. The summed E-state index contributed by atoms with van der Waals surface area (Å²) >= 11 is 0. The van der Waals surface area contributed by atoms with Gasteiger partial charge in [-0.05, 0) is 80.7 Å². The van der Waals surface area contributed by atoms with E-state index < -0.39 is 9.84 Å². The molecule has 0 saturated carbocycles. The highest BCUT2D eigenvalue weighted by molar-refractivity contribution is 7.91. The molecule has 0 fully saturated rings. The van der Waals surface area contributed by atoms with Crippen molar-refractivity contribution in [3.05, 3.63) is 60.4 Å². The summed E-state index contributed by atoms with van der Waals surface area (Å²) in [6.45, 7) is 10.4. The lowest BCUT2D eigenvalue weighted by atomic mass is 10.2. The molecule has 0 N–H and O–H groups in total. The molecule has 5 nitrogen and oxygen atoms in total. The van der Waals surface area contributed by atoms with Crippen molar-refractivity contribution in [3.63, 3.8) is 0 Å². The van der Waals surface area contributed by atoms with Crippen molar-refractivity contribution < 1.29 is 13.2 Å². The van der Waals surface area contributed by atoms with E-state index in [4.69, 9.17) is 4.74 Å². The van der Waals surface area contributed by atoms with Crippen molar-refractivity contribution in [1.82, 2.24) is 9.30 Å². The number of aryl methyl sites for hydroxylation is 1. The van der Waals surface area contributed by atoms with Crippen LogP contribution in [0.15, 0.2) is 64.6 Å². The first-order chi connectivity index (χ1) is 16.0. The second kappa shape index (κ2) is 13.8. The Kier molecular flexibility index (Phi) is 11.4. The maximum Gasteiger partial charge on any atom is 0.208 e. The number of benzene rings is 1. The van der Waals surface area contributed by atoms with Crippen LogP contribution in [-0.2, 0) is 16.3 Å². The zero-order chi connectivity index (χ0) is 23.7. The van der Waals surface area contributed by atoms with Gasteiger partial charge in [-0.25, -0.2) is 8.42 Å². The first-order valence-electron chi connectivity index (χ1n) is 12.3. The smallest absolute Gasteiger partial charge is 0.208 e. The molecular weight excluding hydrogens is 468 g/mol. The fraction of sp³-hybridized carbons (Fsp3) is 0.481. The van der Waals surface area contributed by atoms with E-state index in [0.29, 0.717) is 34.1 Å². The molecule has 1 aromatic carbocycles. The molecule has 0 unspecified atom stereocenters. The largest absolute Gasteiger partial charge is 0.494 e. The van der Waals surface area contributed by atoms with Crippen LogP contribution in [0, 0.1) is 0 Å². The molecule has 0 aliphatic rings. The molecule has 0 aliphatic heterocycles. The Morgan fingerprint density at radius 3 is 2.15 bits per heavy atom.